The average molecular weight is 357 g/mol. The van der Waals surface area contributed by atoms with Crippen molar-refractivity contribution >= 4 is 22.9 Å². The lowest BCUT2D eigenvalue weighted by atomic mass is 10.1. The first-order chi connectivity index (χ1) is 12.0. The number of pyridine rings is 2. The highest BCUT2D eigenvalue weighted by atomic mass is 16.6. The van der Waals surface area contributed by atoms with Crippen molar-refractivity contribution in [2.24, 2.45) is 7.05 Å². The maximum Gasteiger partial charge on any atom is 0.325 e. The molecule has 0 saturated carbocycles. The molecule has 2 heterocycles. The molecule has 26 heavy (non-hydrogen) atoms. The lowest BCUT2D eigenvalue weighted by Crippen LogP contribution is -2.37. The third kappa shape index (κ3) is 3.83. The zero-order valence-electron chi connectivity index (χ0n) is 14.9. The molecule has 0 aliphatic carbocycles. The summed E-state index contributed by atoms with van der Waals surface area (Å²) in [5.74, 6) is 0.237. The van der Waals surface area contributed by atoms with Gasteiger partial charge in [-0.25, -0.2) is 4.98 Å². The minimum Gasteiger partial charge on any atom is -0.505 e. The highest BCUT2D eigenvalue weighted by molar-refractivity contribution is 6.02. The average Bonchev–Trinajstić information content (AvgIpc) is 2.56. The molecule has 0 aliphatic heterocycles. The molecule has 0 atom stereocenters. The summed E-state index contributed by atoms with van der Waals surface area (Å²) in [7, 11) is 1.43. The van der Waals surface area contributed by atoms with E-state index >= 15 is 0 Å². The van der Waals surface area contributed by atoms with Gasteiger partial charge in [-0.3, -0.25) is 14.4 Å². The Morgan fingerprint density at radius 2 is 2.08 bits per heavy atom. The molecule has 0 unspecified atom stereocenters. The molecule has 0 aliphatic rings. The van der Waals surface area contributed by atoms with Crippen LogP contribution in [0.25, 0.3) is 11.0 Å². The summed E-state index contributed by atoms with van der Waals surface area (Å²) in [6, 6.07) is 1.51. The predicted molar refractivity (Wildman–Crippen MR) is 94.8 cm³/mol. The Morgan fingerprint density at radius 3 is 2.65 bits per heavy atom. The van der Waals surface area contributed by atoms with Crippen LogP contribution in [0.3, 0.4) is 0 Å². The summed E-state index contributed by atoms with van der Waals surface area (Å²) >= 11 is 0. The summed E-state index contributed by atoms with van der Waals surface area (Å²) in [6.07, 6.45) is 6.65. The van der Waals surface area contributed by atoms with Gasteiger partial charge in [0.25, 0.3) is 11.5 Å². The van der Waals surface area contributed by atoms with Crippen LogP contribution in [-0.2, 0) is 16.6 Å². The molecule has 0 bridgehead atoms. The Bertz CT molecular complexity index is 993. The molecule has 0 fully saturated rings. The number of esters is 1. The predicted octanol–water partition coefficient (Wildman–Crippen LogP) is 0.692. The lowest BCUT2D eigenvalue weighted by Gasteiger charge is -2.19. The second kappa shape index (κ2) is 6.88. The van der Waals surface area contributed by atoms with Gasteiger partial charge in [-0.1, -0.05) is 5.92 Å². The zero-order chi connectivity index (χ0) is 19.6. The molecular formula is C18H19N3O5. The fraction of sp³-hybridized carbons (Fsp3) is 0.333. The fourth-order valence-electron chi connectivity index (χ4n) is 2.29. The van der Waals surface area contributed by atoms with Gasteiger partial charge in [0.2, 0.25) is 0 Å². The monoisotopic (exact) mass is 357 g/mol. The van der Waals surface area contributed by atoms with E-state index in [2.05, 4.69) is 16.2 Å². The third-order valence-corrected chi connectivity index (χ3v) is 3.42. The van der Waals surface area contributed by atoms with E-state index in [9.17, 15) is 19.5 Å². The number of aryl methyl sites for hydroxylation is 1. The van der Waals surface area contributed by atoms with E-state index in [4.69, 9.17) is 11.2 Å². The number of carbonyl (C=O) groups excluding carboxylic acids is 2. The standard InChI is InChI=1S/C18H19N3O5/c1-6-10-7-11-14(19-8-10)15(23)13(17(25)21(11)5)16(24)20-9-12(22)26-18(2,3)4/h1,7-8,23H,9H2,2-5H3,(H,20,24). The number of nitrogens with zero attached hydrogens (tertiary/aromatic N) is 2. The SMILES string of the molecule is C#Cc1cnc2c(O)c(C(=O)NCC(=O)OC(C)(C)C)c(=O)n(C)c2c1. The number of aromatic nitrogens is 2. The second-order valence-corrected chi connectivity index (χ2v) is 6.59. The van der Waals surface area contributed by atoms with Gasteiger partial charge in [-0.15, -0.1) is 6.42 Å². The quantitative estimate of drug-likeness (QED) is 0.618. The van der Waals surface area contributed by atoms with Gasteiger partial charge in [0.15, 0.2) is 5.75 Å². The van der Waals surface area contributed by atoms with Crippen LogP contribution in [0.15, 0.2) is 17.1 Å². The van der Waals surface area contributed by atoms with E-state index in [1.54, 1.807) is 20.8 Å². The number of nitrogens with one attached hydrogen (secondary N) is 1. The normalized spacial score (nSPS) is 11.0. The van der Waals surface area contributed by atoms with Crippen molar-refractivity contribution in [3.8, 4) is 18.1 Å². The molecule has 1 amide bonds. The molecule has 2 rings (SSSR count). The molecule has 0 spiro atoms. The van der Waals surface area contributed by atoms with Crippen molar-refractivity contribution in [3.63, 3.8) is 0 Å². The zero-order valence-corrected chi connectivity index (χ0v) is 14.9. The van der Waals surface area contributed by atoms with Crippen LogP contribution in [0.4, 0.5) is 0 Å². The number of carbonyl (C=O) groups is 2. The first-order valence-electron chi connectivity index (χ1n) is 7.73. The maximum atomic E-state index is 12.5. The molecule has 8 heteroatoms. The summed E-state index contributed by atoms with van der Waals surface area (Å²) < 4.78 is 6.23. The Hall–Kier alpha value is -3.34. The van der Waals surface area contributed by atoms with Crippen molar-refractivity contribution in [1.29, 1.82) is 0 Å². The van der Waals surface area contributed by atoms with E-state index in [0.29, 0.717) is 5.56 Å². The summed E-state index contributed by atoms with van der Waals surface area (Å²) in [4.78, 5) is 40.5. The first kappa shape index (κ1) is 19.0. The van der Waals surface area contributed by atoms with E-state index < -0.39 is 40.9 Å². The van der Waals surface area contributed by atoms with E-state index in [1.165, 1.54) is 19.3 Å². The lowest BCUT2D eigenvalue weighted by molar-refractivity contribution is -0.153. The molecule has 136 valence electrons. The van der Waals surface area contributed by atoms with Gasteiger partial charge in [0, 0.05) is 18.8 Å². The highest BCUT2D eigenvalue weighted by Crippen LogP contribution is 2.24. The van der Waals surface area contributed by atoms with Crippen molar-refractivity contribution in [2.75, 3.05) is 6.54 Å². The van der Waals surface area contributed by atoms with Crippen LogP contribution < -0.4 is 10.9 Å². The van der Waals surface area contributed by atoms with Crippen LogP contribution in [0.2, 0.25) is 0 Å². The van der Waals surface area contributed by atoms with Gasteiger partial charge in [-0.05, 0) is 26.8 Å². The Balaban J connectivity index is 2.38. The molecule has 0 radical (unpaired) electrons. The largest absolute Gasteiger partial charge is 0.505 e. The Labute approximate surface area is 149 Å². The van der Waals surface area contributed by atoms with Crippen molar-refractivity contribution in [1.82, 2.24) is 14.9 Å². The number of amides is 1. The van der Waals surface area contributed by atoms with Crippen LogP contribution in [0.1, 0.15) is 36.7 Å². The molecule has 0 aromatic carbocycles. The number of hydrogen-bond acceptors (Lipinski definition) is 6. The molecular weight excluding hydrogens is 338 g/mol. The van der Waals surface area contributed by atoms with Gasteiger partial charge in [0.05, 0.1) is 5.52 Å². The third-order valence-electron chi connectivity index (χ3n) is 3.42. The molecule has 0 saturated heterocycles. The van der Waals surface area contributed by atoms with E-state index in [-0.39, 0.29) is 11.0 Å². The number of terminal acetylenes is 1. The van der Waals surface area contributed by atoms with Gasteiger partial charge in [-0.2, -0.15) is 0 Å². The van der Waals surface area contributed by atoms with Crippen molar-refractivity contribution in [3.05, 3.63) is 33.7 Å². The van der Waals surface area contributed by atoms with Crippen molar-refractivity contribution < 1.29 is 19.4 Å². The van der Waals surface area contributed by atoms with Crippen molar-refractivity contribution in [2.45, 2.75) is 26.4 Å². The Kier molecular flexibility index (Phi) is 5.02. The number of ether oxygens (including phenoxy) is 1. The minimum absolute atomic E-state index is 0.0496. The maximum absolute atomic E-state index is 12.5. The summed E-state index contributed by atoms with van der Waals surface area (Å²) in [5.41, 5.74) is -1.20. The molecule has 8 nitrogen and oxygen atoms in total. The number of rotatable bonds is 3. The first-order valence-corrected chi connectivity index (χ1v) is 7.73. The smallest absolute Gasteiger partial charge is 0.325 e. The molecule has 2 aromatic heterocycles. The minimum atomic E-state index is -0.904. The van der Waals surface area contributed by atoms with Crippen LogP contribution in [-0.4, -0.2) is 38.7 Å². The molecule has 2 aromatic rings. The number of fused-ring (bicyclic) bond motifs is 1. The van der Waals surface area contributed by atoms with Gasteiger partial charge in [0.1, 0.15) is 23.2 Å². The van der Waals surface area contributed by atoms with Crippen LogP contribution in [0, 0.1) is 12.3 Å². The van der Waals surface area contributed by atoms with Gasteiger partial charge >= 0.3 is 5.97 Å². The topological polar surface area (TPSA) is 111 Å². The van der Waals surface area contributed by atoms with E-state index in [0.717, 1.165) is 4.57 Å². The van der Waals surface area contributed by atoms with Gasteiger partial charge < -0.3 is 19.7 Å². The van der Waals surface area contributed by atoms with E-state index in [1.807, 2.05) is 0 Å². The van der Waals surface area contributed by atoms with Crippen LogP contribution in [0.5, 0.6) is 5.75 Å². The molecule has 2 N–H and O–H groups in total. The van der Waals surface area contributed by atoms with Crippen LogP contribution >= 0.6 is 0 Å². The highest BCUT2D eigenvalue weighted by Gasteiger charge is 2.23. The number of aromatic hydroxyl groups is 1. The fourth-order valence-corrected chi connectivity index (χ4v) is 2.29. The second-order valence-electron chi connectivity index (χ2n) is 6.59. The summed E-state index contributed by atoms with van der Waals surface area (Å²) in [6.45, 7) is 4.62. The number of hydrogen-bond donors (Lipinski definition) is 2. The summed E-state index contributed by atoms with van der Waals surface area (Å²) in [5, 5.41) is 12.6. The Morgan fingerprint density at radius 1 is 1.42 bits per heavy atom.